The summed E-state index contributed by atoms with van der Waals surface area (Å²) < 4.78 is 1.84. The molecule has 0 aliphatic rings. The van der Waals surface area contributed by atoms with Crippen LogP contribution >= 0.6 is 0 Å². The zero-order chi connectivity index (χ0) is 12.2. The Hall–Kier alpha value is -2.30. The van der Waals surface area contributed by atoms with Crippen molar-refractivity contribution >= 4 is 21.9 Å². The lowest BCUT2D eigenvalue weighted by molar-refractivity contribution is 0.476. The van der Waals surface area contributed by atoms with Gasteiger partial charge < -0.3 is 9.67 Å². The summed E-state index contributed by atoms with van der Waals surface area (Å²) in [6, 6.07) is 4.77. The van der Waals surface area contributed by atoms with Crippen LogP contribution in [0.5, 0.6) is 5.75 Å². The summed E-state index contributed by atoms with van der Waals surface area (Å²) in [5, 5.41) is 17.5. The summed E-state index contributed by atoms with van der Waals surface area (Å²) in [6.45, 7) is 1.81. The standard InChI is InChI=1S/C12H11N3O2/c1-6-10-11(17)8-5-7(16)3-4-9(8)15(2)12(10)14-13-6/h3-5,16H,1-2H3,(H,13,14). The number of nitrogens with zero attached hydrogens (tertiary/aromatic N) is 2. The molecule has 0 fully saturated rings. The number of aromatic nitrogens is 3. The molecular weight excluding hydrogens is 218 g/mol. The quantitative estimate of drug-likeness (QED) is 0.612. The van der Waals surface area contributed by atoms with E-state index in [9.17, 15) is 9.90 Å². The van der Waals surface area contributed by atoms with E-state index in [4.69, 9.17) is 0 Å². The molecule has 86 valence electrons. The van der Waals surface area contributed by atoms with Gasteiger partial charge in [-0.2, -0.15) is 5.10 Å². The van der Waals surface area contributed by atoms with Crippen molar-refractivity contribution in [3.63, 3.8) is 0 Å². The van der Waals surface area contributed by atoms with Crippen LogP contribution < -0.4 is 5.43 Å². The van der Waals surface area contributed by atoms with Crippen molar-refractivity contribution in [3.8, 4) is 5.75 Å². The highest BCUT2D eigenvalue weighted by Crippen LogP contribution is 2.21. The van der Waals surface area contributed by atoms with E-state index in [1.54, 1.807) is 12.1 Å². The zero-order valence-corrected chi connectivity index (χ0v) is 9.48. The predicted molar refractivity (Wildman–Crippen MR) is 65.2 cm³/mol. The number of hydrogen-bond acceptors (Lipinski definition) is 3. The van der Waals surface area contributed by atoms with Crippen LogP contribution in [0.2, 0.25) is 0 Å². The number of aromatic amines is 1. The minimum absolute atomic E-state index is 0.0927. The van der Waals surface area contributed by atoms with Gasteiger partial charge in [0.25, 0.3) is 0 Å². The van der Waals surface area contributed by atoms with Crippen molar-refractivity contribution in [2.45, 2.75) is 6.92 Å². The lowest BCUT2D eigenvalue weighted by Crippen LogP contribution is -2.08. The molecule has 0 saturated heterocycles. The molecule has 2 heterocycles. The van der Waals surface area contributed by atoms with E-state index in [-0.39, 0.29) is 11.2 Å². The van der Waals surface area contributed by atoms with Crippen molar-refractivity contribution < 1.29 is 5.11 Å². The fourth-order valence-electron chi connectivity index (χ4n) is 2.18. The number of phenolic OH excluding ortho intramolecular Hbond substituents is 1. The van der Waals surface area contributed by atoms with E-state index < -0.39 is 0 Å². The van der Waals surface area contributed by atoms with Crippen LogP contribution in [0.3, 0.4) is 0 Å². The Morgan fingerprint density at radius 1 is 1.41 bits per heavy atom. The van der Waals surface area contributed by atoms with Crippen LogP contribution in [-0.4, -0.2) is 19.9 Å². The van der Waals surface area contributed by atoms with E-state index in [2.05, 4.69) is 10.2 Å². The Morgan fingerprint density at radius 2 is 2.18 bits per heavy atom. The van der Waals surface area contributed by atoms with Gasteiger partial charge >= 0.3 is 0 Å². The van der Waals surface area contributed by atoms with Gasteiger partial charge in [-0.1, -0.05) is 0 Å². The van der Waals surface area contributed by atoms with Crippen LogP contribution in [0.25, 0.3) is 21.9 Å². The number of H-pyrrole nitrogens is 1. The Labute approximate surface area is 96.3 Å². The third kappa shape index (κ3) is 1.19. The number of phenols is 1. The first kappa shape index (κ1) is 9.89. The van der Waals surface area contributed by atoms with Gasteiger partial charge in [0, 0.05) is 12.7 Å². The minimum atomic E-state index is -0.102. The highest BCUT2D eigenvalue weighted by atomic mass is 16.3. The van der Waals surface area contributed by atoms with Crippen molar-refractivity contribution in [1.29, 1.82) is 0 Å². The highest BCUT2D eigenvalue weighted by molar-refractivity contribution is 5.93. The minimum Gasteiger partial charge on any atom is -0.508 e. The summed E-state index contributed by atoms with van der Waals surface area (Å²) in [7, 11) is 1.85. The average molecular weight is 229 g/mol. The lowest BCUT2D eigenvalue weighted by atomic mass is 10.1. The number of aryl methyl sites for hydroxylation is 2. The molecule has 0 bridgehead atoms. The average Bonchev–Trinajstić information content (AvgIpc) is 2.68. The predicted octanol–water partition coefficient (Wildman–Crippen LogP) is 1.43. The number of rotatable bonds is 0. The normalized spacial score (nSPS) is 11.4. The molecule has 0 atom stereocenters. The smallest absolute Gasteiger partial charge is 0.200 e. The molecule has 2 N–H and O–H groups in total. The molecule has 2 aromatic heterocycles. The second-order valence-corrected chi connectivity index (χ2v) is 4.14. The van der Waals surface area contributed by atoms with Gasteiger partial charge in [0.1, 0.15) is 5.75 Å². The maximum Gasteiger partial charge on any atom is 0.200 e. The number of aromatic hydroxyl groups is 1. The van der Waals surface area contributed by atoms with Crippen molar-refractivity contribution in [2.24, 2.45) is 7.05 Å². The van der Waals surface area contributed by atoms with Crippen LogP contribution in [0.15, 0.2) is 23.0 Å². The van der Waals surface area contributed by atoms with Gasteiger partial charge in [-0.3, -0.25) is 9.89 Å². The topological polar surface area (TPSA) is 70.9 Å². The number of fused-ring (bicyclic) bond motifs is 2. The number of hydrogen-bond donors (Lipinski definition) is 2. The summed E-state index contributed by atoms with van der Waals surface area (Å²) in [5.74, 6) is 0.0927. The molecule has 3 rings (SSSR count). The number of pyridine rings is 1. The maximum absolute atomic E-state index is 12.3. The van der Waals surface area contributed by atoms with E-state index in [0.717, 1.165) is 11.2 Å². The maximum atomic E-state index is 12.3. The summed E-state index contributed by atoms with van der Waals surface area (Å²) in [5.41, 5.74) is 2.03. The molecule has 5 nitrogen and oxygen atoms in total. The Morgan fingerprint density at radius 3 is 2.94 bits per heavy atom. The number of nitrogens with one attached hydrogen (secondary N) is 1. The fourth-order valence-corrected chi connectivity index (χ4v) is 2.18. The summed E-state index contributed by atoms with van der Waals surface area (Å²) in [6.07, 6.45) is 0. The van der Waals surface area contributed by atoms with E-state index >= 15 is 0 Å². The Balaban J connectivity index is 2.70. The molecule has 0 aliphatic heterocycles. The molecule has 3 aromatic rings. The molecule has 0 saturated carbocycles. The third-order valence-corrected chi connectivity index (χ3v) is 3.06. The molecule has 1 aromatic carbocycles. The molecule has 0 spiro atoms. The zero-order valence-electron chi connectivity index (χ0n) is 9.48. The van der Waals surface area contributed by atoms with Gasteiger partial charge in [0.15, 0.2) is 5.65 Å². The van der Waals surface area contributed by atoms with Crippen molar-refractivity contribution in [3.05, 3.63) is 34.1 Å². The van der Waals surface area contributed by atoms with E-state index in [1.807, 2.05) is 18.5 Å². The van der Waals surface area contributed by atoms with Crippen molar-refractivity contribution in [2.75, 3.05) is 0 Å². The second kappa shape index (κ2) is 3.10. The molecule has 0 amide bonds. The van der Waals surface area contributed by atoms with Crippen LogP contribution in [0, 0.1) is 6.92 Å². The third-order valence-electron chi connectivity index (χ3n) is 3.06. The SMILES string of the molecule is Cc1[nH]nc2c1c(=O)c1cc(O)ccc1n2C. The first-order valence-corrected chi connectivity index (χ1v) is 5.26. The molecule has 0 aliphatic carbocycles. The Bertz CT molecular complexity index is 799. The van der Waals surface area contributed by atoms with Gasteiger partial charge in [-0.15, -0.1) is 0 Å². The first-order chi connectivity index (χ1) is 8.09. The molecule has 0 radical (unpaired) electrons. The Kier molecular flexibility index (Phi) is 1.80. The van der Waals surface area contributed by atoms with Crippen LogP contribution in [-0.2, 0) is 7.05 Å². The van der Waals surface area contributed by atoms with E-state index in [1.165, 1.54) is 6.07 Å². The largest absolute Gasteiger partial charge is 0.508 e. The van der Waals surface area contributed by atoms with Gasteiger partial charge in [-0.25, -0.2) is 0 Å². The molecule has 17 heavy (non-hydrogen) atoms. The molecular formula is C12H11N3O2. The van der Waals surface area contributed by atoms with Gasteiger partial charge in [-0.05, 0) is 25.1 Å². The van der Waals surface area contributed by atoms with Crippen LogP contribution in [0.1, 0.15) is 5.69 Å². The summed E-state index contributed by atoms with van der Waals surface area (Å²) in [4.78, 5) is 12.3. The second-order valence-electron chi connectivity index (χ2n) is 4.14. The summed E-state index contributed by atoms with van der Waals surface area (Å²) >= 11 is 0. The van der Waals surface area contributed by atoms with Gasteiger partial charge in [0.2, 0.25) is 5.43 Å². The monoisotopic (exact) mass is 229 g/mol. The van der Waals surface area contributed by atoms with E-state index in [0.29, 0.717) is 16.4 Å². The molecule has 0 unspecified atom stereocenters. The first-order valence-electron chi connectivity index (χ1n) is 5.26. The molecule has 5 heteroatoms. The highest BCUT2D eigenvalue weighted by Gasteiger charge is 2.13. The van der Waals surface area contributed by atoms with Crippen LogP contribution in [0.4, 0.5) is 0 Å². The van der Waals surface area contributed by atoms with Crippen molar-refractivity contribution in [1.82, 2.24) is 14.8 Å². The fraction of sp³-hybridized carbons (Fsp3) is 0.167. The van der Waals surface area contributed by atoms with Gasteiger partial charge in [0.05, 0.1) is 16.3 Å². The number of benzene rings is 1. The lowest BCUT2D eigenvalue weighted by Gasteiger charge is -2.06.